The summed E-state index contributed by atoms with van der Waals surface area (Å²) < 4.78 is 0. The number of unbranched alkanes of at least 4 members (excludes halogenated alkanes) is 63. The Hall–Kier alpha value is -0.0800. The summed E-state index contributed by atoms with van der Waals surface area (Å²) in [7, 11) is 0. The highest BCUT2D eigenvalue weighted by Crippen LogP contribution is 2.14. The second-order valence-electron chi connectivity index (χ2n) is 28.1. The van der Waals surface area contributed by atoms with Gasteiger partial charge in [0.05, 0.1) is 0 Å². The maximum absolute atomic E-state index is 2.27. The molecule has 0 atom stereocenters. The van der Waals surface area contributed by atoms with Gasteiger partial charge in [-0.1, -0.05) is 587 Å². The van der Waals surface area contributed by atoms with Crippen LogP contribution in [0.1, 0.15) is 587 Å². The Morgan fingerprint density at radius 3 is 0.130 bits per heavy atom. The van der Waals surface area contributed by atoms with Crippen LogP contribution < -0.4 is 12.3 Å². The van der Waals surface area contributed by atoms with E-state index in [9.17, 15) is 0 Å². The zero-order valence-corrected chi connectivity index (χ0v) is 70.3. The number of rotatable bonds is 63. The van der Waals surface area contributed by atoms with E-state index in [4.69, 9.17) is 0 Å². The molecule has 0 aliphatic carbocycles. The molecular formula is C90H204N2. The lowest BCUT2D eigenvalue weighted by Gasteiger charge is -1.97. The third kappa shape index (κ3) is 180. The molecule has 0 saturated carbocycles. The van der Waals surface area contributed by atoms with Crippen LogP contribution in [-0.2, 0) is 0 Å². The first-order chi connectivity index (χ1) is 44.2. The van der Waals surface area contributed by atoms with E-state index in [1.54, 1.807) is 0 Å². The minimum atomic E-state index is 0. The molecule has 0 unspecified atom stereocenters. The molecule has 574 valence electrons. The highest BCUT2D eigenvalue weighted by molar-refractivity contribution is 4.50. The summed E-state index contributed by atoms with van der Waals surface area (Å²) in [5.74, 6) is 0. The predicted molar refractivity (Wildman–Crippen MR) is 445 cm³/mol. The molecule has 0 aromatic heterocycles. The van der Waals surface area contributed by atoms with Gasteiger partial charge in [-0.05, 0) is 0 Å². The summed E-state index contributed by atoms with van der Waals surface area (Å²) in [6.45, 7) is 40.9. The lowest BCUT2D eigenvalue weighted by Crippen LogP contribution is -1.77. The van der Waals surface area contributed by atoms with Crippen LogP contribution in [0.25, 0.3) is 0 Å². The Morgan fingerprint density at radius 2 is 0.0978 bits per heavy atom. The molecule has 0 aliphatic rings. The first-order valence-corrected chi connectivity index (χ1v) is 44.2. The van der Waals surface area contributed by atoms with E-state index in [2.05, 4.69) is 125 Å². The molecule has 0 spiro atoms. The van der Waals surface area contributed by atoms with Crippen LogP contribution >= 0.6 is 0 Å². The second kappa shape index (κ2) is 142. The van der Waals surface area contributed by atoms with E-state index in [1.807, 2.05) is 0 Å². The molecule has 0 amide bonds. The molecule has 0 saturated heterocycles. The number of hydrogen-bond acceptors (Lipinski definition) is 2. The van der Waals surface area contributed by atoms with Gasteiger partial charge in [0, 0.05) is 0 Å². The highest BCUT2D eigenvalue weighted by Gasteiger charge is 1.94. The minimum Gasteiger partial charge on any atom is -0.344 e. The molecule has 2 nitrogen and oxygen atoms in total. The standard InChI is InChI=1S/9C10H22.2H3N/c9*1-3-5-7-9-10-8-6-4-2;;/h9*3-10H2,1-2H3;2*1H3. The third-order valence-electron chi connectivity index (χ3n) is 17.6. The Bertz CT molecular complexity index is 602. The largest absolute Gasteiger partial charge is 0.344 e. The van der Waals surface area contributed by atoms with Crippen molar-refractivity contribution in [3.8, 4) is 0 Å². The van der Waals surface area contributed by atoms with E-state index in [0.29, 0.717) is 0 Å². The molecule has 6 N–H and O–H groups in total. The fourth-order valence-electron chi connectivity index (χ4n) is 10.9. The summed E-state index contributed by atoms with van der Waals surface area (Å²) >= 11 is 0. The maximum atomic E-state index is 2.27. The quantitative estimate of drug-likeness (QED) is 0.0596. The third-order valence-corrected chi connectivity index (χ3v) is 17.6. The van der Waals surface area contributed by atoms with Crippen molar-refractivity contribution in [2.45, 2.75) is 587 Å². The highest BCUT2D eigenvalue weighted by atomic mass is 14.0. The maximum Gasteiger partial charge on any atom is -0.0533 e. The van der Waals surface area contributed by atoms with Crippen molar-refractivity contribution in [2.24, 2.45) is 0 Å². The van der Waals surface area contributed by atoms with Crippen LogP contribution in [0.2, 0.25) is 0 Å². The molecule has 92 heavy (non-hydrogen) atoms. The first-order valence-electron chi connectivity index (χ1n) is 44.2. The van der Waals surface area contributed by atoms with E-state index in [-0.39, 0.29) is 12.3 Å². The van der Waals surface area contributed by atoms with Crippen LogP contribution in [-0.4, -0.2) is 0 Å². The normalized spacial score (nSPS) is 9.98. The summed E-state index contributed by atoms with van der Waals surface area (Å²) in [5.41, 5.74) is 0. The van der Waals surface area contributed by atoms with Crippen molar-refractivity contribution >= 4 is 0 Å². The van der Waals surface area contributed by atoms with Gasteiger partial charge in [-0.25, -0.2) is 0 Å². The topological polar surface area (TPSA) is 70.0 Å². The van der Waals surface area contributed by atoms with E-state index < -0.39 is 0 Å². The van der Waals surface area contributed by atoms with Gasteiger partial charge in [-0.15, -0.1) is 0 Å². The lowest BCUT2D eigenvalue weighted by molar-refractivity contribution is 0.585. The van der Waals surface area contributed by atoms with E-state index in [0.717, 1.165) is 0 Å². The molecule has 0 aromatic carbocycles. The fraction of sp³-hybridized carbons (Fsp3) is 1.00. The summed E-state index contributed by atoms with van der Waals surface area (Å²) in [4.78, 5) is 0. The van der Waals surface area contributed by atoms with Crippen molar-refractivity contribution in [3.05, 3.63) is 0 Å². The van der Waals surface area contributed by atoms with Crippen LogP contribution in [0.3, 0.4) is 0 Å². The van der Waals surface area contributed by atoms with Crippen molar-refractivity contribution in [2.75, 3.05) is 0 Å². The van der Waals surface area contributed by atoms with Crippen molar-refractivity contribution in [1.29, 1.82) is 0 Å². The molecule has 0 aromatic rings. The monoisotopic (exact) mass is 1310 g/mol. The Morgan fingerprint density at radius 1 is 0.0652 bits per heavy atom. The van der Waals surface area contributed by atoms with E-state index in [1.165, 1.54) is 462 Å². The zero-order valence-electron chi connectivity index (χ0n) is 70.3. The molecule has 0 fully saturated rings. The molecule has 2 heteroatoms. The molecular weight excluding hydrogens is 1110 g/mol. The minimum absolute atomic E-state index is 0. The first kappa shape index (κ1) is 116. The van der Waals surface area contributed by atoms with Gasteiger partial charge >= 0.3 is 0 Å². The Labute approximate surface area is 596 Å². The van der Waals surface area contributed by atoms with Gasteiger partial charge in [0.25, 0.3) is 0 Å². The van der Waals surface area contributed by atoms with Gasteiger partial charge in [0.2, 0.25) is 0 Å². The van der Waals surface area contributed by atoms with Crippen LogP contribution in [0.15, 0.2) is 0 Å². The number of hydrogen-bond donors (Lipinski definition) is 2. The van der Waals surface area contributed by atoms with Crippen molar-refractivity contribution in [3.63, 3.8) is 0 Å². The lowest BCUT2D eigenvalue weighted by atomic mass is 10.1. The zero-order chi connectivity index (χ0) is 68.9. The fourth-order valence-corrected chi connectivity index (χ4v) is 10.9. The van der Waals surface area contributed by atoms with Gasteiger partial charge in [-0.2, -0.15) is 0 Å². The molecule has 0 heterocycles. The predicted octanol–water partition coefficient (Wildman–Crippen LogP) is 37.6. The van der Waals surface area contributed by atoms with Crippen LogP contribution in [0.5, 0.6) is 0 Å². The van der Waals surface area contributed by atoms with Gasteiger partial charge < -0.3 is 12.3 Å². The van der Waals surface area contributed by atoms with Crippen molar-refractivity contribution < 1.29 is 0 Å². The van der Waals surface area contributed by atoms with E-state index >= 15 is 0 Å². The summed E-state index contributed by atoms with van der Waals surface area (Å²) in [6, 6.07) is 0. The Balaban J connectivity index is -0.0000000889. The molecule has 0 aliphatic heterocycles. The molecule has 0 rings (SSSR count). The molecule has 0 radical (unpaired) electrons. The SMILES string of the molecule is CCCCCCCCCC.CCCCCCCCCC.CCCCCCCCCC.CCCCCCCCCC.CCCCCCCCCC.CCCCCCCCCC.CCCCCCCCCC.CCCCCCCCCC.CCCCCCCCCC.N.N. The van der Waals surface area contributed by atoms with Gasteiger partial charge in [0.1, 0.15) is 0 Å². The average molecular weight is 1310 g/mol. The second-order valence-corrected chi connectivity index (χ2v) is 28.1. The summed E-state index contributed by atoms with van der Waals surface area (Å²) in [5, 5.41) is 0. The van der Waals surface area contributed by atoms with Crippen molar-refractivity contribution in [1.82, 2.24) is 12.3 Å². The average Bonchev–Trinajstić information content (AvgIpc) is 3.56. The van der Waals surface area contributed by atoms with Crippen LogP contribution in [0, 0.1) is 0 Å². The smallest absolute Gasteiger partial charge is 0.0533 e. The van der Waals surface area contributed by atoms with Gasteiger partial charge in [-0.3, -0.25) is 0 Å². The summed E-state index contributed by atoms with van der Waals surface area (Å²) in [6.07, 6.45) is 103. The molecule has 0 bridgehead atoms. The van der Waals surface area contributed by atoms with Gasteiger partial charge in [0.15, 0.2) is 0 Å². The Kier molecular flexibility index (Phi) is 179. The van der Waals surface area contributed by atoms with Crippen LogP contribution in [0.4, 0.5) is 0 Å².